The lowest BCUT2D eigenvalue weighted by Gasteiger charge is -2.09. The number of aromatic hydroxyl groups is 3. The van der Waals surface area contributed by atoms with E-state index in [1.165, 1.54) is 6.07 Å². The van der Waals surface area contributed by atoms with Gasteiger partial charge < -0.3 is 20.6 Å². The second-order valence-electron chi connectivity index (χ2n) is 3.89. The summed E-state index contributed by atoms with van der Waals surface area (Å²) in [6.45, 7) is 1.81. The first kappa shape index (κ1) is 12.3. The summed E-state index contributed by atoms with van der Waals surface area (Å²) in [5, 5.41) is 35.3. The third-order valence-corrected chi connectivity index (χ3v) is 2.61. The summed E-state index contributed by atoms with van der Waals surface area (Å²) in [6.07, 6.45) is 3.58. The molecule has 2 aromatic rings. The van der Waals surface area contributed by atoms with Crippen LogP contribution in [0.1, 0.15) is 5.56 Å². The van der Waals surface area contributed by atoms with E-state index in [0.29, 0.717) is 18.7 Å². The number of nitrogens with zero attached hydrogens (tertiary/aromatic N) is 2. The number of aromatic nitrogens is 2. The topological polar surface area (TPSA) is 90.5 Å². The van der Waals surface area contributed by atoms with Crippen molar-refractivity contribution in [2.45, 2.75) is 13.1 Å². The third kappa shape index (κ3) is 2.72. The van der Waals surface area contributed by atoms with Crippen molar-refractivity contribution in [1.82, 2.24) is 15.1 Å². The number of phenolic OH excluding ortho intramolecular Hbond substituents is 3. The van der Waals surface area contributed by atoms with Gasteiger partial charge in [0.25, 0.3) is 0 Å². The van der Waals surface area contributed by atoms with E-state index >= 15 is 0 Å². The van der Waals surface area contributed by atoms with Crippen LogP contribution >= 0.6 is 0 Å². The highest BCUT2D eigenvalue weighted by molar-refractivity contribution is 5.52. The Labute approximate surface area is 104 Å². The number of nitrogens with one attached hydrogen (secondary N) is 1. The number of rotatable bonds is 5. The van der Waals surface area contributed by atoms with E-state index in [2.05, 4.69) is 10.4 Å². The minimum atomic E-state index is -0.485. The van der Waals surface area contributed by atoms with Crippen molar-refractivity contribution in [3.05, 3.63) is 36.2 Å². The maximum Gasteiger partial charge on any atom is 0.200 e. The SMILES string of the molecule is Oc1ccc(CNCCn2cccn2)c(O)c1O. The molecule has 0 saturated heterocycles. The average Bonchev–Trinajstić information content (AvgIpc) is 2.87. The Hall–Kier alpha value is -2.21. The molecule has 18 heavy (non-hydrogen) atoms. The summed E-state index contributed by atoms with van der Waals surface area (Å²) in [4.78, 5) is 0. The smallest absolute Gasteiger partial charge is 0.200 e. The van der Waals surface area contributed by atoms with E-state index in [-0.39, 0.29) is 11.5 Å². The summed E-state index contributed by atoms with van der Waals surface area (Å²) in [6, 6.07) is 4.76. The molecule has 0 fully saturated rings. The van der Waals surface area contributed by atoms with Gasteiger partial charge in [-0.2, -0.15) is 5.10 Å². The molecule has 0 amide bonds. The zero-order valence-electron chi connectivity index (χ0n) is 9.74. The first-order valence-corrected chi connectivity index (χ1v) is 5.59. The Morgan fingerprint density at radius 2 is 2.00 bits per heavy atom. The van der Waals surface area contributed by atoms with Gasteiger partial charge in [-0.05, 0) is 12.1 Å². The van der Waals surface area contributed by atoms with Gasteiger partial charge in [-0.25, -0.2) is 0 Å². The number of hydrogen-bond donors (Lipinski definition) is 4. The van der Waals surface area contributed by atoms with Crippen LogP contribution in [0.4, 0.5) is 0 Å². The molecular formula is C12H15N3O3. The number of phenols is 3. The Kier molecular flexibility index (Phi) is 3.69. The maximum absolute atomic E-state index is 9.59. The van der Waals surface area contributed by atoms with Gasteiger partial charge in [0.2, 0.25) is 5.75 Å². The van der Waals surface area contributed by atoms with Gasteiger partial charge in [0, 0.05) is 31.0 Å². The van der Waals surface area contributed by atoms with Gasteiger partial charge in [0.05, 0.1) is 6.54 Å². The first-order valence-electron chi connectivity index (χ1n) is 5.59. The van der Waals surface area contributed by atoms with E-state index < -0.39 is 5.75 Å². The molecule has 2 rings (SSSR count). The monoisotopic (exact) mass is 249 g/mol. The Morgan fingerprint density at radius 1 is 1.17 bits per heavy atom. The third-order valence-electron chi connectivity index (χ3n) is 2.61. The van der Waals surface area contributed by atoms with Gasteiger partial charge in [0.15, 0.2) is 11.5 Å². The molecule has 0 aliphatic carbocycles. The largest absolute Gasteiger partial charge is 0.504 e. The quantitative estimate of drug-likeness (QED) is 0.464. The van der Waals surface area contributed by atoms with Gasteiger partial charge in [-0.1, -0.05) is 6.07 Å². The molecule has 0 saturated carbocycles. The second kappa shape index (κ2) is 5.42. The average molecular weight is 249 g/mol. The predicted molar refractivity (Wildman–Crippen MR) is 65.4 cm³/mol. The van der Waals surface area contributed by atoms with Gasteiger partial charge in [-0.3, -0.25) is 4.68 Å². The van der Waals surface area contributed by atoms with Crippen LogP contribution in [0.3, 0.4) is 0 Å². The zero-order chi connectivity index (χ0) is 13.0. The minimum absolute atomic E-state index is 0.290. The van der Waals surface area contributed by atoms with Crippen LogP contribution < -0.4 is 5.32 Å². The fraction of sp³-hybridized carbons (Fsp3) is 0.250. The highest BCUT2D eigenvalue weighted by Gasteiger charge is 2.10. The van der Waals surface area contributed by atoms with Gasteiger partial charge in [0.1, 0.15) is 0 Å². The van der Waals surface area contributed by atoms with Crippen molar-refractivity contribution in [2.75, 3.05) is 6.54 Å². The molecule has 1 aromatic carbocycles. The Morgan fingerprint density at radius 3 is 2.72 bits per heavy atom. The number of hydrogen-bond acceptors (Lipinski definition) is 5. The lowest BCUT2D eigenvalue weighted by atomic mass is 10.1. The van der Waals surface area contributed by atoms with E-state index in [1.807, 2.05) is 12.3 Å². The fourth-order valence-electron chi connectivity index (χ4n) is 1.60. The molecule has 4 N–H and O–H groups in total. The number of benzene rings is 1. The molecule has 0 spiro atoms. The molecule has 0 atom stereocenters. The summed E-state index contributed by atoms with van der Waals surface area (Å²) in [5.74, 6) is -1.10. The van der Waals surface area contributed by atoms with Crippen LogP contribution in [0, 0.1) is 0 Å². The standard InChI is InChI=1S/C12H15N3O3/c16-10-3-2-9(11(17)12(10)18)8-13-5-7-15-6-1-4-14-15/h1-4,6,13,16-18H,5,7-8H2. The van der Waals surface area contributed by atoms with Crippen LogP contribution in [0.5, 0.6) is 17.2 Å². The molecule has 0 radical (unpaired) electrons. The van der Waals surface area contributed by atoms with Crippen molar-refractivity contribution >= 4 is 0 Å². The Balaban J connectivity index is 1.85. The molecule has 1 aromatic heterocycles. The van der Waals surface area contributed by atoms with E-state index in [9.17, 15) is 15.3 Å². The van der Waals surface area contributed by atoms with Crippen molar-refractivity contribution in [3.63, 3.8) is 0 Å². The molecule has 1 heterocycles. The minimum Gasteiger partial charge on any atom is -0.504 e. The summed E-state index contributed by atoms with van der Waals surface area (Å²) < 4.78 is 1.79. The van der Waals surface area contributed by atoms with Crippen molar-refractivity contribution in [2.24, 2.45) is 0 Å². The molecule has 6 nitrogen and oxygen atoms in total. The van der Waals surface area contributed by atoms with Gasteiger partial charge in [-0.15, -0.1) is 0 Å². The molecule has 0 unspecified atom stereocenters. The first-order chi connectivity index (χ1) is 8.68. The predicted octanol–water partition coefficient (Wildman–Crippen LogP) is 0.790. The molecule has 0 aliphatic heterocycles. The molecule has 96 valence electrons. The normalized spacial score (nSPS) is 10.7. The summed E-state index contributed by atoms with van der Waals surface area (Å²) in [5.41, 5.74) is 0.533. The van der Waals surface area contributed by atoms with Crippen LogP contribution in [0.2, 0.25) is 0 Å². The fourth-order valence-corrected chi connectivity index (χ4v) is 1.60. The lowest BCUT2D eigenvalue weighted by molar-refractivity contribution is 0.364. The van der Waals surface area contributed by atoms with Crippen molar-refractivity contribution in [1.29, 1.82) is 0 Å². The van der Waals surface area contributed by atoms with Crippen LogP contribution in [-0.2, 0) is 13.1 Å². The molecule has 0 bridgehead atoms. The van der Waals surface area contributed by atoms with Crippen LogP contribution in [0.25, 0.3) is 0 Å². The van der Waals surface area contributed by atoms with Crippen molar-refractivity contribution < 1.29 is 15.3 Å². The highest BCUT2D eigenvalue weighted by Crippen LogP contribution is 2.36. The van der Waals surface area contributed by atoms with E-state index in [0.717, 1.165) is 6.54 Å². The maximum atomic E-state index is 9.59. The second-order valence-corrected chi connectivity index (χ2v) is 3.89. The zero-order valence-corrected chi connectivity index (χ0v) is 9.74. The highest BCUT2D eigenvalue weighted by atomic mass is 16.3. The lowest BCUT2D eigenvalue weighted by Crippen LogP contribution is -2.19. The Bertz CT molecular complexity index is 512. The summed E-state index contributed by atoms with van der Waals surface area (Å²) >= 11 is 0. The molecule has 6 heteroatoms. The summed E-state index contributed by atoms with van der Waals surface area (Å²) in [7, 11) is 0. The van der Waals surface area contributed by atoms with Gasteiger partial charge >= 0.3 is 0 Å². The van der Waals surface area contributed by atoms with Crippen LogP contribution in [-0.4, -0.2) is 31.6 Å². The van der Waals surface area contributed by atoms with E-state index in [4.69, 9.17) is 0 Å². The molecular weight excluding hydrogens is 234 g/mol. The van der Waals surface area contributed by atoms with Crippen LogP contribution in [0.15, 0.2) is 30.6 Å². The van der Waals surface area contributed by atoms with E-state index in [1.54, 1.807) is 16.9 Å². The van der Waals surface area contributed by atoms with Crippen molar-refractivity contribution in [3.8, 4) is 17.2 Å². The molecule has 0 aliphatic rings.